The lowest BCUT2D eigenvalue weighted by Crippen LogP contribution is -2.41. The lowest BCUT2D eigenvalue weighted by molar-refractivity contribution is -0.118. The summed E-state index contributed by atoms with van der Waals surface area (Å²) < 4.78 is 5.39. The molecule has 2 aromatic rings. The molecule has 1 atom stereocenters. The van der Waals surface area contributed by atoms with Crippen LogP contribution >= 0.6 is 11.3 Å². The molecule has 34 heavy (non-hydrogen) atoms. The molecule has 0 unspecified atom stereocenters. The van der Waals surface area contributed by atoms with Gasteiger partial charge in [0.1, 0.15) is 5.00 Å². The molecule has 0 bridgehead atoms. The molecular formula is C27H37N3O3S. The number of fused-ring (bicyclic) bond motifs is 1. The number of carbonyl (C=O) groups is 2. The van der Waals surface area contributed by atoms with Gasteiger partial charge >= 0.3 is 0 Å². The van der Waals surface area contributed by atoms with Gasteiger partial charge in [0.2, 0.25) is 5.91 Å². The monoisotopic (exact) mass is 483 g/mol. The van der Waals surface area contributed by atoms with Gasteiger partial charge in [-0.05, 0) is 61.6 Å². The Bertz CT molecular complexity index is 1060. The first-order chi connectivity index (χ1) is 16.1. The minimum atomic E-state index is -0.139. The molecule has 1 aromatic carbocycles. The summed E-state index contributed by atoms with van der Waals surface area (Å²) in [6, 6.07) is 6.02. The van der Waals surface area contributed by atoms with Crippen molar-refractivity contribution in [3.05, 3.63) is 45.3 Å². The van der Waals surface area contributed by atoms with Crippen LogP contribution in [0.15, 0.2) is 18.2 Å². The molecule has 0 radical (unpaired) electrons. The number of anilines is 2. The zero-order valence-electron chi connectivity index (χ0n) is 21.0. The Morgan fingerprint density at radius 3 is 2.56 bits per heavy atom. The van der Waals surface area contributed by atoms with E-state index < -0.39 is 0 Å². The Morgan fingerprint density at radius 1 is 1.15 bits per heavy atom. The Morgan fingerprint density at radius 2 is 1.88 bits per heavy atom. The number of aryl methyl sites for hydroxylation is 2. The molecule has 1 aromatic heterocycles. The lowest BCUT2D eigenvalue weighted by Gasteiger charge is -2.33. The summed E-state index contributed by atoms with van der Waals surface area (Å²) >= 11 is 1.58. The number of morpholine rings is 1. The molecule has 1 saturated heterocycles. The van der Waals surface area contributed by atoms with Crippen molar-refractivity contribution >= 4 is 33.8 Å². The Kier molecular flexibility index (Phi) is 7.45. The normalized spacial score (nSPS) is 18.9. The lowest BCUT2D eigenvalue weighted by atomic mass is 9.72. The highest BCUT2D eigenvalue weighted by molar-refractivity contribution is 7.17. The van der Waals surface area contributed by atoms with Crippen LogP contribution in [-0.2, 0) is 22.4 Å². The van der Waals surface area contributed by atoms with Crippen LogP contribution in [0.3, 0.4) is 0 Å². The molecule has 6 nitrogen and oxygen atoms in total. The van der Waals surface area contributed by atoms with E-state index in [2.05, 4.69) is 42.4 Å². The van der Waals surface area contributed by atoms with Gasteiger partial charge < -0.3 is 15.4 Å². The van der Waals surface area contributed by atoms with Gasteiger partial charge in [-0.3, -0.25) is 14.5 Å². The quantitative estimate of drug-likeness (QED) is 0.625. The zero-order chi connectivity index (χ0) is 24.5. The molecule has 2 amide bonds. The molecule has 2 aliphatic rings. The number of rotatable bonds is 5. The average Bonchev–Trinajstić information content (AvgIpc) is 3.12. The predicted molar refractivity (Wildman–Crippen MR) is 139 cm³/mol. The van der Waals surface area contributed by atoms with Crippen LogP contribution in [0.2, 0.25) is 0 Å². The van der Waals surface area contributed by atoms with Crippen molar-refractivity contribution in [3.8, 4) is 0 Å². The van der Waals surface area contributed by atoms with Gasteiger partial charge in [-0.2, -0.15) is 0 Å². The number of nitrogens with zero attached hydrogens (tertiary/aromatic N) is 1. The molecule has 2 heterocycles. The molecule has 2 N–H and O–H groups in total. The number of nitrogens with one attached hydrogen (secondary N) is 2. The SMILES string of the molecule is Cc1ccc(NC(=O)c2c(NC(=O)CN3CCOCC3)sc3c2CC[C@@H](C(C)(C)C)C3)c(C)c1. The first-order valence-corrected chi connectivity index (χ1v) is 13.1. The van der Waals surface area contributed by atoms with Crippen LogP contribution in [0, 0.1) is 25.2 Å². The molecule has 0 saturated carbocycles. The van der Waals surface area contributed by atoms with Crippen LogP contribution in [0.25, 0.3) is 0 Å². The van der Waals surface area contributed by atoms with Crippen molar-refractivity contribution in [2.24, 2.45) is 11.3 Å². The Hall–Kier alpha value is -2.22. The Labute approximate surface area is 207 Å². The number of ether oxygens (including phenoxy) is 1. The number of amides is 2. The fourth-order valence-corrected chi connectivity index (χ4v) is 6.26. The standard InChI is InChI=1S/C27H37N3O3S/c1-17-6-9-21(18(2)14-17)28-25(32)24-20-8-7-19(27(3,4)5)15-22(20)34-26(24)29-23(31)16-30-10-12-33-13-11-30/h6,9,14,19H,7-8,10-13,15-16H2,1-5H3,(H,28,32)(H,29,31)/t19-/m1/s1. The molecule has 1 aliphatic carbocycles. The summed E-state index contributed by atoms with van der Waals surface area (Å²) in [7, 11) is 0. The van der Waals surface area contributed by atoms with E-state index in [0.717, 1.165) is 54.7 Å². The minimum absolute atomic E-state index is 0.0755. The van der Waals surface area contributed by atoms with Gasteiger partial charge in [0.15, 0.2) is 0 Å². The van der Waals surface area contributed by atoms with E-state index in [1.165, 1.54) is 4.88 Å². The van der Waals surface area contributed by atoms with E-state index in [4.69, 9.17) is 4.74 Å². The summed E-state index contributed by atoms with van der Waals surface area (Å²) in [4.78, 5) is 29.8. The number of benzene rings is 1. The van der Waals surface area contributed by atoms with Crippen molar-refractivity contribution < 1.29 is 14.3 Å². The van der Waals surface area contributed by atoms with Crippen molar-refractivity contribution in [1.29, 1.82) is 0 Å². The van der Waals surface area contributed by atoms with Crippen molar-refractivity contribution in [2.45, 2.75) is 53.9 Å². The summed E-state index contributed by atoms with van der Waals surface area (Å²) in [6.07, 6.45) is 2.87. The highest BCUT2D eigenvalue weighted by atomic mass is 32.1. The second kappa shape index (κ2) is 10.2. The topological polar surface area (TPSA) is 70.7 Å². The second-order valence-corrected chi connectivity index (χ2v) is 11.8. The van der Waals surface area contributed by atoms with Crippen molar-refractivity contribution in [3.63, 3.8) is 0 Å². The number of thiophene rings is 1. The maximum absolute atomic E-state index is 13.6. The fourth-order valence-electron chi connectivity index (χ4n) is 4.92. The molecular weight excluding hydrogens is 446 g/mol. The van der Waals surface area contributed by atoms with E-state index in [0.29, 0.717) is 36.2 Å². The van der Waals surface area contributed by atoms with Gasteiger partial charge in [-0.25, -0.2) is 0 Å². The number of hydrogen-bond acceptors (Lipinski definition) is 5. The molecule has 1 fully saturated rings. The zero-order valence-corrected chi connectivity index (χ0v) is 21.9. The smallest absolute Gasteiger partial charge is 0.258 e. The van der Waals surface area contributed by atoms with Crippen LogP contribution < -0.4 is 10.6 Å². The van der Waals surface area contributed by atoms with E-state index >= 15 is 0 Å². The highest BCUT2D eigenvalue weighted by Gasteiger charge is 2.34. The highest BCUT2D eigenvalue weighted by Crippen LogP contribution is 2.44. The fraction of sp³-hybridized carbons (Fsp3) is 0.556. The third-order valence-corrected chi connectivity index (χ3v) is 8.24. The molecule has 1 aliphatic heterocycles. The molecule has 7 heteroatoms. The Balaban J connectivity index is 1.60. The third kappa shape index (κ3) is 5.70. The van der Waals surface area contributed by atoms with Crippen LogP contribution in [-0.4, -0.2) is 49.6 Å². The number of carbonyl (C=O) groups excluding carboxylic acids is 2. The average molecular weight is 484 g/mol. The molecule has 0 spiro atoms. The summed E-state index contributed by atoms with van der Waals surface area (Å²) in [6.45, 7) is 14.0. The first kappa shape index (κ1) is 24.9. The van der Waals surface area contributed by atoms with E-state index in [9.17, 15) is 9.59 Å². The largest absolute Gasteiger partial charge is 0.379 e. The van der Waals surface area contributed by atoms with Crippen LogP contribution in [0.1, 0.15) is 59.1 Å². The summed E-state index contributed by atoms with van der Waals surface area (Å²) in [5, 5.41) is 6.89. The second-order valence-electron chi connectivity index (χ2n) is 10.7. The van der Waals surface area contributed by atoms with E-state index in [-0.39, 0.29) is 17.2 Å². The van der Waals surface area contributed by atoms with Crippen molar-refractivity contribution in [1.82, 2.24) is 4.90 Å². The van der Waals surface area contributed by atoms with E-state index in [1.54, 1.807) is 11.3 Å². The molecule has 4 rings (SSSR count). The maximum atomic E-state index is 13.6. The van der Waals surface area contributed by atoms with Crippen molar-refractivity contribution in [2.75, 3.05) is 43.5 Å². The predicted octanol–water partition coefficient (Wildman–Crippen LogP) is 5.04. The summed E-state index contributed by atoms with van der Waals surface area (Å²) in [5.74, 6) is 0.347. The minimum Gasteiger partial charge on any atom is -0.379 e. The molecule has 184 valence electrons. The van der Waals surface area contributed by atoms with Gasteiger partial charge in [0.25, 0.3) is 5.91 Å². The van der Waals surface area contributed by atoms with Crippen LogP contribution in [0.5, 0.6) is 0 Å². The van der Waals surface area contributed by atoms with Gasteiger partial charge in [-0.1, -0.05) is 38.5 Å². The van der Waals surface area contributed by atoms with Gasteiger partial charge in [-0.15, -0.1) is 11.3 Å². The van der Waals surface area contributed by atoms with E-state index in [1.807, 2.05) is 26.0 Å². The number of hydrogen-bond donors (Lipinski definition) is 2. The van der Waals surface area contributed by atoms with Crippen LogP contribution in [0.4, 0.5) is 10.7 Å². The summed E-state index contributed by atoms with van der Waals surface area (Å²) in [5.41, 5.74) is 4.96. The third-order valence-electron chi connectivity index (χ3n) is 7.07. The van der Waals surface area contributed by atoms with Gasteiger partial charge in [0, 0.05) is 23.7 Å². The van der Waals surface area contributed by atoms with Gasteiger partial charge in [0.05, 0.1) is 25.3 Å². The maximum Gasteiger partial charge on any atom is 0.258 e. The first-order valence-electron chi connectivity index (χ1n) is 12.2.